The second kappa shape index (κ2) is 15.8. The Bertz CT molecular complexity index is 3790. The minimum absolute atomic E-state index is 0.849. The van der Waals surface area contributed by atoms with Gasteiger partial charge in [0.2, 0.25) is 0 Å². The summed E-state index contributed by atoms with van der Waals surface area (Å²) in [5.74, 6) is 0. The Morgan fingerprint density at radius 3 is 1.06 bits per heavy atom. The molecule has 12 heterocycles. The Morgan fingerprint density at radius 2 is 0.667 bits per heavy atom. The molecule has 0 saturated heterocycles. The zero-order valence-corrected chi connectivity index (χ0v) is 40.9. The van der Waals surface area contributed by atoms with E-state index in [-0.39, 0.29) is 0 Å². The van der Waals surface area contributed by atoms with Gasteiger partial charge in [-0.2, -0.15) is 0 Å². The van der Waals surface area contributed by atoms with Crippen molar-refractivity contribution in [2.24, 2.45) is 0 Å². The number of hydrogen-bond donors (Lipinski definition) is 0. The quantitative estimate of drug-likeness (QED) is 0.144. The molecule has 0 amide bonds. The van der Waals surface area contributed by atoms with Crippen LogP contribution in [0, 0.1) is 0 Å². The van der Waals surface area contributed by atoms with E-state index in [1.807, 2.05) is 45.3 Å². The molecule has 0 fully saturated rings. The molecule has 0 N–H and O–H groups in total. The van der Waals surface area contributed by atoms with E-state index in [0.29, 0.717) is 0 Å². The predicted molar refractivity (Wildman–Crippen MR) is 292 cm³/mol. The monoisotopic (exact) mass is 990 g/mol. The number of hydrogen-bond acceptors (Lipinski definition) is 10. The van der Waals surface area contributed by atoms with Crippen molar-refractivity contribution < 1.29 is 0 Å². The van der Waals surface area contributed by atoms with Crippen LogP contribution in [0.3, 0.4) is 0 Å². The first-order valence-electron chi connectivity index (χ1n) is 21.1. The fourth-order valence-electron chi connectivity index (χ4n) is 8.99. The summed E-state index contributed by atoms with van der Waals surface area (Å²) >= 11 is 14.5. The molecule has 0 saturated carbocycles. The summed E-state index contributed by atoms with van der Waals surface area (Å²) in [5, 5.41) is 15.6. The van der Waals surface area contributed by atoms with Crippen LogP contribution in [0.5, 0.6) is 0 Å². The van der Waals surface area contributed by atoms with Gasteiger partial charge in [-0.1, -0.05) is 36.4 Å². The highest BCUT2D eigenvalue weighted by atomic mass is 32.1. The first kappa shape index (κ1) is 39.1. The summed E-state index contributed by atoms with van der Waals surface area (Å²) in [4.78, 5) is 23.3. The number of fused-ring (bicyclic) bond motifs is 6. The molecule has 12 aromatic heterocycles. The molecule has 66 heavy (non-hydrogen) atoms. The lowest BCUT2D eigenvalue weighted by Crippen LogP contribution is -1.93. The normalized spacial score (nSPS) is 11.9. The van der Waals surface area contributed by atoms with Crippen molar-refractivity contribution in [3.05, 3.63) is 180 Å². The van der Waals surface area contributed by atoms with Crippen molar-refractivity contribution in [3.63, 3.8) is 0 Å². The number of benzene rings is 2. The maximum Gasteiger partial charge on any atom is 0.101 e. The van der Waals surface area contributed by atoms with Crippen LogP contribution in [0.1, 0.15) is 0 Å². The van der Waals surface area contributed by atoms with Crippen molar-refractivity contribution in [1.82, 2.24) is 19.1 Å². The predicted octanol–water partition coefficient (Wildman–Crippen LogP) is 18.8. The smallest absolute Gasteiger partial charge is 0.101 e. The molecule has 4 nitrogen and oxygen atoms in total. The van der Waals surface area contributed by atoms with E-state index < -0.39 is 0 Å². The summed E-state index contributed by atoms with van der Waals surface area (Å²) < 4.78 is 4.79. The average Bonchev–Trinajstić information content (AvgIpc) is 4.18. The second-order valence-corrected chi connectivity index (χ2v) is 23.9. The van der Waals surface area contributed by atoms with Crippen LogP contribution in [0.2, 0.25) is 0 Å². The lowest BCUT2D eigenvalue weighted by atomic mass is 10.1. The Kier molecular flexibility index (Phi) is 9.36. The average molecular weight is 991 g/mol. The lowest BCUT2D eigenvalue weighted by Gasteiger charge is -2.06. The van der Waals surface area contributed by atoms with Crippen LogP contribution >= 0.6 is 90.7 Å². The lowest BCUT2D eigenvalue weighted by molar-refractivity contribution is 1.19. The first-order chi connectivity index (χ1) is 32.7. The first-order valence-corrected chi connectivity index (χ1v) is 27.9. The molecular formula is C54H30N4S8. The largest absolute Gasteiger partial charge is 0.299 e. The topological polar surface area (TPSA) is 35.6 Å². The van der Waals surface area contributed by atoms with Gasteiger partial charge in [-0.15, -0.1) is 90.7 Å². The second-order valence-electron chi connectivity index (χ2n) is 15.8. The zero-order chi connectivity index (χ0) is 43.3. The van der Waals surface area contributed by atoms with E-state index in [1.54, 1.807) is 45.3 Å². The van der Waals surface area contributed by atoms with Gasteiger partial charge in [0.1, 0.15) is 10.0 Å². The van der Waals surface area contributed by atoms with Gasteiger partial charge in [0.25, 0.3) is 0 Å². The van der Waals surface area contributed by atoms with E-state index in [1.165, 1.54) is 80.7 Å². The van der Waals surface area contributed by atoms with E-state index in [9.17, 15) is 0 Å². The van der Waals surface area contributed by atoms with Crippen LogP contribution in [-0.2, 0) is 0 Å². The minimum atomic E-state index is 0.849. The van der Waals surface area contributed by atoms with E-state index in [2.05, 4.69) is 189 Å². The molecule has 314 valence electrons. The highest BCUT2D eigenvalue weighted by Gasteiger charge is 2.21. The third kappa shape index (κ3) is 6.50. The van der Waals surface area contributed by atoms with Crippen molar-refractivity contribution in [2.45, 2.75) is 0 Å². The summed E-state index contributed by atoms with van der Waals surface area (Å²) in [7, 11) is 0. The molecule has 0 unspecified atom stereocenters. The molecule has 14 aromatic rings. The van der Waals surface area contributed by atoms with E-state index >= 15 is 0 Å². The van der Waals surface area contributed by atoms with Gasteiger partial charge >= 0.3 is 0 Å². The highest BCUT2D eigenvalue weighted by molar-refractivity contribution is 7.24. The number of aromatic nitrogens is 4. The molecule has 0 bridgehead atoms. The van der Waals surface area contributed by atoms with Crippen molar-refractivity contribution >= 4 is 134 Å². The number of pyridine rings is 2. The SMILES string of the molecule is c1csc(-c2ccc(-c3ccc4c(c3)c3cc(-c5cc6c7cc(-c8ccc(-c9cccs9)s8)ccc7n(-c7ccc(-c8cccs8)s7)c6cn5)ncc3n4-c3ccc(-c4cccs4)s3)s2)c1. The Hall–Kier alpha value is -6.06. The Balaban J connectivity index is 0.942. The summed E-state index contributed by atoms with van der Waals surface area (Å²) in [6, 6.07) is 53.8. The minimum Gasteiger partial charge on any atom is -0.299 e. The molecule has 0 aliphatic rings. The Labute approximate surface area is 410 Å². The molecule has 0 atom stereocenters. The van der Waals surface area contributed by atoms with Gasteiger partial charge in [0.05, 0.1) is 45.8 Å². The summed E-state index contributed by atoms with van der Waals surface area (Å²) in [6.45, 7) is 0. The van der Waals surface area contributed by atoms with Gasteiger partial charge in [0.15, 0.2) is 0 Å². The number of nitrogens with zero attached hydrogens (tertiary/aromatic N) is 4. The Morgan fingerprint density at radius 1 is 0.303 bits per heavy atom. The van der Waals surface area contributed by atoms with Gasteiger partial charge in [-0.05, 0) is 142 Å². The molecule has 0 radical (unpaired) electrons. The summed E-state index contributed by atoms with van der Waals surface area (Å²) in [6.07, 6.45) is 4.11. The maximum absolute atomic E-state index is 5.23. The van der Waals surface area contributed by atoms with Crippen LogP contribution in [-0.4, -0.2) is 19.1 Å². The third-order valence-electron chi connectivity index (χ3n) is 12.0. The van der Waals surface area contributed by atoms with E-state index in [0.717, 1.165) is 44.2 Å². The van der Waals surface area contributed by atoms with Gasteiger partial charge in [-0.25, -0.2) is 0 Å². The molecule has 0 spiro atoms. The zero-order valence-electron chi connectivity index (χ0n) is 34.4. The van der Waals surface area contributed by atoms with Crippen LogP contribution in [0.25, 0.3) is 125 Å². The summed E-state index contributed by atoms with van der Waals surface area (Å²) in [5.41, 5.74) is 8.61. The fraction of sp³-hybridized carbons (Fsp3) is 0. The van der Waals surface area contributed by atoms with Gasteiger partial charge in [-0.3, -0.25) is 19.1 Å². The van der Waals surface area contributed by atoms with Gasteiger partial charge < -0.3 is 0 Å². The van der Waals surface area contributed by atoms with Crippen molar-refractivity contribution in [3.8, 4) is 81.3 Å². The van der Waals surface area contributed by atoms with Crippen LogP contribution in [0.4, 0.5) is 0 Å². The van der Waals surface area contributed by atoms with E-state index in [4.69, 9.17) is 9.97 Å². The molecule has 0 aliphatic heterocycles. The molecule has 14 rings (SSSR count). The molecular weight excluding hydrogens is 961 g/mol. The molecule has 2 aromatic carbocycles. The van der Waals surface area contributed by atoms with Crippen molar-refractivity contribution in [1.29, 1.82) is 0 Å². The molecule has 12 heteroatoms. The molecule has 0 aliphatic carbocycles. The number of thiophene rings is 8. The number of rotatable bonds is 9. The van der Waals surface area contributed by atoms with Crippen LogP contribution in [0.15, 0.2) is 180 Å². The standard InChI is InChI=1S/C54H30N4S8/c1-5-45(59-21-1)49-15-13-43(63-49)31-9-11-39-33(25-31)35-27-37(55-29-41(35)57(39)53-19-17-51(65-53)47-7-3-23-61-47)38-28-36-34-26-32(44-14-16-50(64-44)46-6-2-22-60-46)10-12-40(34)58(42(36)30-56-38)54-20-18-52(66-54)48-8-4-24-62-48/h1-30H. The maximum atomic E-state index is 5.23. The highest BCUT2D eigenvalue weighted by Crippen LogP contribution is 2.45. The third-order valence-corrected chi connectivity index (χ3v) is 20.7. The van der Waals surface area contributed by atoms with Crippen molar-refractivity contribution in [2.75, 3.05) is 0 Å². The van der Waals surface area contributed by atoms with Crippen LogP contribution < -0.4 is 0 Å². The van der Waals surface area contributed by atoms with Gasteiger partial charge in [0, 0.05) is 70.3 Å². The fourth-order valence-corrected chi connectivity index (χ4v) is 16.4.